The lowest BCUT2D eigenvalue weighted by Crippen LogP contribution is -2.44. The van der Waals surface area contributed by atoms with Crippen LogP contribution < -0.4 is 5.32 Å². The first kappa shape index (κ1) is 11.2. The highest BCUT2D eigenvalue weighted by Gasteiger charge is 2.36. The van der Waals surface area contributed by atoms with Gasteiger partial charge in [-0.3, -0.25) is 0 Å². The fraction of sp³-hybridized carbons (Fsp3) is 0.833. The van der Waals surface area contributed by atoms with Crippen molar-refractivity contribution < 1.29 is 9.26 Å². The first-order chi connectivity index (χ1) is 8.29. The molecule has 2 heterocycles. The molecule has 1 aliphatic heterocycles. The van der Waals surface area contributed by atoms with Crippen LogP contribution in [0, 0.1) is 11.8 Å². The van der Waals surface area contributed by atoms with E-state index in [-0.39, 0.29) is 6.10 Å². The third-order valence-electron chi connectivity index (χ3n) is 3.93. The van der Waals surface area contributed by atoms with Gasteiger partial charge in [0.25, 0.3) is 0 Å². The maximum Gasteiger partial charge on any atom is 0.229 e. The molecule has 5 heteroatoms. The third kappa shape index (κ3) is 2.09. The second kappa shape index (κ2) is 4.38. The first-order valence-electron chi connectivity index (χ1n) is 6.36. The van der Waals surface area contributed by atoms with Crippen molar-refractivity contribution in [1.82, 2.24) is 15.5 Å². The molecule has 0 amide bonds. The van der Waals surface area contributed by atoms with Gasteiger partial charge >= 0.3 is 0 Å². The summed E-state index contributed by atoms with van der Waals surface area (Å²) in [5, 5.41) is 7.35. The average molecular weight is 237 g/mol. The molecule has 2 fully saturated rings. The maximum atomic E-state index is 5.46. The van der Waals surface area contributed by atoms with Gasteiger partial charge in [-0.2, -0.15) is 4.98 Å². The Kier molecular flexibility index (Phi) is 2.88. The predicted octanol–water partition coefficient (Wildman–Crippen LogP) is 1.49. The van der Waals surface area contributed by atoms with Gasteiger partial charge in [0.05, 0.1) is 0 Å². The van der Waals surface area contributed by atoms with E-state index >= 15 is 0 Å². The van der Waals surface area contributed by atoms with Crippen LogP contribution in [0.5, 0.6) is 0 Å². The van der Waals surface area contributed by atoms with Crippen molar-refractivity contribution in [3.63, 3.8) is 0 Å². The Morgan fingerprint density at radius 2 is 2.12 bits per heavy atom. The number of nitrogens with zero attached hydrogens (tertiary/aromatic N) is 2. The fourth-order valence-corrected chi connectivity index (χ4v) is 2.32. The SMILES string of the molecule is COC(c1noc(C(C)C2CNC2)n1)C1CC1. The Balaban J connectivity index is 1.72. The number of methoxy groups -OCH3 is 1. The minimum Gasteiger partial charge on any atom is -0.373 e. The summed E-state index contributed by atoms with van der Waals surface area (Å²) in [6.45, 7) is 4.26. The maximum absolute atomic E-state index is 5.46. The van der Waals surface area contributed by atoms with Crippen LogP contribution in [-0.2, 0) is 4.74 Å². The summed E-state index contributed by atoms with van der Waals surface area (Å²) in [5.41, 5.74) is 0. The zero-order valence-corrected chi connectivity index (χ0v) is 10.3. The highest BCUT2D eigenvalue weighted by molar-refractivity contribution is 5.03. The summed E-state index contributed by atoms with van der Waals surface area (Å²) >= 11 is 0. The number of hydrogen-bond acceptors (Lipinski definition) is 5. The number of hydrogen-bond donors (Lipinski definition) is 1. The fourth-order valence-electron chi connectivity index (χ4n) is 2.32. The Morgan fingerprint density at radius 3 is 2.65 bits per heavy atom. The van der Waals surface area contributed by atoms with E-state index in [0.717, 1.165) is 24.8 Å². The van der Waals surface area contributed by atoms with Crippen molar-refractivity contribution >= 4 is 0 Å². The van der Waals surface area contributed by atoms with Crippen molar-refractivity contribution in [2.45, 2.75) is 31.8 Å². The molecule has 3 rings (SSSR count). The van der Waals surface area contributed by atoms with Crippen molar-refractivity contribution in [1.29, 1.82) is 0 Å². The number of ether oxygens (including phenoxy) is 1. The zero-order chi connectivity index (χ0) is 11.8. The molecule has 1 aliphatic carbocycles. The van der Waals surface area contributed by atoms with Crippen LogP contribution in [-0.4, -0.2) is 30.3 Å². The average Bonchev–Trinajstić information content (AvgIpc) is 2.94. The van der Waals surface area contributed by atoms with Gasteiger partial charge in [0, 0.05) is 13.0 Å². The van der Waals surface area contributed by atoms with Gasteiger partial charge in [0.2, 0.25) is 11.7 Å². The summed E-state index contributed by atoms with van der Waals surface area (Å²) in [6.07, 6.45) is 2.45. The summed E-state index contributed by atoms with van der Waals surface area (Å²) in [4.78, 5) is 4.51. The molecule has 2 atom stereocenters. The molecule has 5 nitrogen and oxygen atoms in total. The Hall–Kier alpha value is -0.940. The van der Waals surface area contributed by atoms with E-state index < -0.39 is 0 Å². The van der Waals surface area contributed by atoms with Crippen molar-refractivity contribution in [3.05, 3.63) is 11.7 Å². The van der Waals surface area contributed by atoms with Crippen LogP contribution in [0.4, 0.5) is 0 Å². The summed E-state index contributed by atoms with van der Waals surface area (Å²) in [5.74, 6) is 3.05. The number of nitrogens with one attached hydrogen (secondary N) is 1. The van der Waals surface area contributed by atoms with Crippen LogP contribution in [0.25, 0.3) is 0 Å². The summed E-state index contributed by atoms with van der Waals surface area (Å²) in [6, 6.07) is 0. The number of aromatic nitrogens is 2. The van der Waals surface area contributed by atoms with E-state index in [1.165, 1.54) is 12.8 Å². The molecule has 0 aromatic carbocycles. The Bertz CT molecular complexity index is 385. The van der Waals surface area contributed by atoms with Gasteiger partial charge in [-0.1, -0.05) is 12.1 Å². The van der Waals surface area contributed by atoms with E-state index in [0.29, 0.717) is 17.8 Å². The molecule has 17 heavy (non-hydrogen) atoms. The van der Waals surface area contributed by atoms with Crippen LogP contribution in [0.3, 0.4) is 0 Å². The molecule has 1 aromatic rings. The van der Waals surface area contributed by atoms with E-state index in [1.54, 1.807) is 7.11 Å². The number of rotatable bonds is 5. The molecule has 0 bridgehead atoms. The van der Waals surface area contributed by atoms with Crippen molar-refractivity contribution in [3.8, 4) is 0 Å². The van der Waals surface area contributed by atoms with Crippen LogP contribution in [0.1, 0.15) is 43.5 Å². The molecule has 1 N–H and O–H groups in total. The largest absolute Gasteiger partial charge is 0.373 e. The second-order valence-electron chi connectivity index (χ2n) is 5.19. The van der Waals surface area contributed by atoms with Crippen molar-refractivity contribution in [2.24, 2.45) is 11.8 Å². The Morgan fingerprint density at radius 1 is 1.35 bits per heavy atom. The smallest absolute Gasteiger partial charge is 0.229 e. The minimum absolute atomic E-state index is 0.0271. The van der Waals surface area contributed by atoms with Gasteiger partial charge in [0.1, 0.15) is 6.10 Å². The van der Waals surface area contributed by atoms with E-state index in [2.05, 4.69) is 22.4 Å². The lowest BCUT2D eigenvalue weighted by Gasteiger charge is -2.30. The Labute approximate surface area is 101 Å². The molecule has 1 aromatic heterocycles. The predicted molar refractivity (Wildman–Crippen MR) is 61.5 cm³/mol. The summed E-state index contributed by atoms with van der Waals surface area (Å²) in [7, 11) is 1.72. The third-order valence-corrected chi connectivity index (χ3v) is 3.93. The topological polar surface area (TPSA) is 60.2 Å². The molecular formula is C12H19N3O2. The molecule has 0 spiro atoms. The standard InChI is InChI=1S/C12H19N3O2/c1-7(9-5-13-6-9)12-14-11(15-17-12)10(16-2)8-3-4-8/h7-10,13H,3-6H2,1-2H3. The van der Waals surface area contributed by atoms with E-state index in [1.807, 2.05) is 0 Å². The van der Waals surface area contributed by atoms with Gasteiger partial charge in [-0.15, -0.1) is 0 Å². The van der Waals surface area contributed by atoms with Gasteiger partial charge in [-0.05, 0) is 37.8 Å². The molecule has 94 valence electrons. The van der Waals surface area contributed by atoms with Crippen LogP contribution >= 0.6 is 0 Å². The molecule has 2 unspecified atom stereocenters. The molecule has 1 saturated heterocycles. The van der Waals surface area contributed by atoms with Crippen LogP contribution in [0.15, 0.2) is 4.52 Å². The van der Waals surface area contributed by atoms with Gasteiger partial charge in [0.15, 0.2) is 0 Å². The van der Waals surface area contributed by atoms with E-state index in [4.69, 9.17) is 9.26 Å². The summed E-state index contributed by atoms with van der Waals surface area (Å²) < 4.78 is 10.8. The molecule has 2 aliphatic rings. The molecular weight excluding hydrogens is 218 g/mol. The monoisotopic (exact) mass is 237 g/mol. The quantitative estimate of drug-likeness (QED) is 0.840. The lowest BCUT2D eigenvalue weighted by molar-refractivity contribution is 0.0751. The van der Waals surface area contributed by atoms with Crippen molar-refractivity contribution in [2.75, 3.05) is 20.2 Å². The highest BCUT2D eigenvalue weighted by atomic mass is 16.5. The first-order valence-corrected chi connectivity index (χ1v) is 6.36. The minimum atomic E-state index is 0.0271. The second-order valence-corrected chi connectivity index (χ2v) is 5.19. The molecule has 1 saturated carbocycles. The normalized spacial score (nSPS) is 24.4. The van der Waals surface area contributed by atoms with Gasteiger partial charge < -0.3 is 14.6 Å². The lowest BCUT2D eigenvalue weighted by atomic mass is 9.89. The van der Waals surface area contributed by atoms with E-state index in [9.17, 15) is 0 Å². The van der Waals surface area contributed by atoms with Crippen LogP contribution in [0.2, 0.25) is 0 Å². The highest BCUT2D eigenvalue weighted by Crippen LogP contribution is 2.42. The molecule has 0 radical (unpaired) electrons. The van der Waals surface area contributed by atoms with Gasteiger partial charge in [-0.25, -0.2) is 0 Å². The zero-order valence-electron chi connectivity index (χ0n) is 10.3.